The molecule has 0 aliphatic carbocycles. The van der Waals surface area contributed by atoms with E-state index in [9.17, 15) is 13.2 Å². The molecule has 0 aliphatic heterocycles. The molecule has 2 aromatic rings. The lowest BCUT2D eigenvalue weighted by atomic mass is 10.2. The van der Waals surface area contributed by atoms with Crippen molar-refractivity contribution in [3.8, 4) is 11.5 Å². The van der Waals surface area contributed by atoms with Crippen LogP contribution in [0.4, 0.5) is 0 Å². The smallest absolute Gasteiger partial charge is 0.251 e. The molecule has 0 saturated heterocycles. The Bertz CT molecular complexity index is 851. The summed E-state index contributed by atoms with van der Waals surface area (Å²) in [6.07, 6.45) is 0.688. The van der Waals surface area contributed by atoms with E-state index in [1.54, 1.807) is 43.5 Å². The van der Waals surface area contributed by atoms with Crippen LogP contribution in [0.1, 0.15) is 23.7 Å². The molecule has 146 valence electrons. The van der Waals surface area contributed by atoms with Crippen molar-refractivity contribution in [2.24, 2.45) is 0 Å². The predicted molar refractivity (Wildman–Crippen MR) is 103 cm³/mol. The average Bonchev–Trinajstić information content (AvgIpc) is 2.70. The van der Waals surface area contributed by atoms with Gasteiger partial charge in [-0.15, -0.1) is 0 Å². The van der Waals surface area contributed by atoms with E-state index >= 15 is 0 Å². The van der Waals surface area contributed by atoms with Gasteiger partial charge in [0, 0.05) is 12.1 Å². The third-order valence-corrected chi connectivity index (χ3v) is 5.12. The van der Waals surface area contributed by atoms with Crippen LogP contribution >= 0.6 is 0 Å². The molecule has 0 fully saturated rings. The van der Waals surface area contributed by atoms with Crippen LogP contribution in [0.15, 0.2) is 53.4 Å². The summed E-state index contributed by atoms with van der Waals surface area (Å²) >= 11 is 0. The minimum absolute atomic E-state index is 0.0677. The Morgan fingerprint density at radius 2 is 1.74 bits per heavy atom. The second-order valence-corrected chi connectivity index (χ2v) is 7.47. The molecule has 0 unspecified atom stereocenters. The van der Waals surface area contributed by atoms with Crippen molar-refractivity contribution in [3.05, 3.63) is 54.1 Å². The monoisotopic (exact) mass is 392 g/mol. The number of benzene rings is 2. The molecule has 0 saturated carbocycles. The van der Waals surface area contributed by atoms with Crippen LogP contribution in [0.2, 0.25) is 0 Å². The van der Waals surface area contributed by atoms with Gasteiger partial charge in [0.05, 0.1) is 18.6 Å². The first-order valence-corrected chi connectivity index (χ1v) is 10.1. The van der Waals surface area contributed by atoms with Crippen LogP contribution in [-0.4, -0.2) is 41.1 Å². The van der Waals surface area contributed by atoms with Crippen LogP contribution in [-0.2, 0) is 10.0 Å². The van der Waals surface area contributed by atoms with E-state index in [4.69, 9.17) is 9.47 Å². The summed E-state index contributed by atoms with van der Waals surface area (Å²) in [6, 6.07) is 13.1. The third kappa shape index (κ3) is 6.26. The van der Waals surface area contributed by atoms with Crippen molar-refractivity contribution in [2.75, 3.05) is 26.8 Å². The van der Waals surface area contributed by atoms with Gasteiger partial charge in [-0.05, 0) is 48.9 Å². The maximum absolute atomic E-state index is 12.2. The normalized spacial score (nSPS) is 11.0. The molecule has 0 bridgehead atoms. The lowest BCUT2D eigenvalue weighted by molar-refractivity contribution is 0.0947. The molecule has 2 aromatic carbocycles. The summed E-state index contributed by atoms with van der Waals surface area (Å²) in [5, 5.41) is 2.71. The van der Waals surface area contributed by atoms with E-state index in [-0.39, 0.29) is 29.5 Å². The zero-order chi connectivity index (χ0) is 19.7. The van der Waals surface area contributed by atoms with Gasteiger partial charge >= 0.3 is 0 Å². The van der Waals surface area contributed by atoms with Crippen molar-refractivity contribution in [1.29, 1.82) is 0 Å². The Hall–Kier alpha value is -2.58. The van der Waals surface area contributed by atoms with Crippen LogP contribution in [0, 0.1) is 0 Å². The number of sulfonamides is 1. The van der Waals surface area contributed by atoms with E-state index in [0.29, 0.717) is 18.7 Å². The van der Waals surface area contributed by atoms with Crippen molar-refractivity contribution < 1.29 is 22.7 Å². The number of methoxy groups -OCH3 is 1. The van der Waals surface area contributed by atoms with Crippen molar-refractivity contribution >= 4 is 15.9 Å². The quantitative estimate of drug-likeness (QED) is 0.605. The number of nitrogens with one attached hydrogen (secondary N) is 2. The maximum atomic E-state index is 12.2. The molecule has 27 heavy (non-hydrogen) atoms. The predicted octanol–water partition coefficient (Wildman–Crippen LogP) is 2.19. The maximum Gasteiger partial charge on any atom is 0.251 e. The second-order valence-electron chi connectivity index (χ2n) is 5.71. The first-order valence-electron chi connectivity index (χ1n) is 8.61. The molecular weight excluding hydrogens is 368 g/mol. The van der Waals surface area contributed by atoms with Crippen LogP contribution in [0.5, 0.6) is 11.5 Å². The minimum Gasteiger partial charge on any atom is -0.497 e. The number of rotatable bonds is 10. The first-order chi connectivity index (χ1) is 13.0. The zero-order valence-electron chi connectivity index (χ0n) is 15.4. The lowest BCUT2D eigenvalue weighted by Gasteiger charge is -2.10. The van der Waals surface area contributed by atoms with Gasteiger partial charge in [0.25, 0.3) is 5.91 Å². The molecule has 8 heteroatoms. The molecule has 0 aliphatic rings. The van der Waals surface area contributed by atoms with E-state index < -0.39 is 10.0 Å². The summed E-state index contributed by atoms with van der Waals surface area (Å²) < 4.78 is 37.4. The van der Waals surface area contributed by atoms with E-state index in [2.05, 4.69) is 10.0 Å². The SMILES string of the molecule is CCCNS(=O)(=O)c1cccc(C(=O)NCCOc2ccc(OC)cc2)c1. The Morgan fingerprint density at radius 1 is 1.04 bits per heavy atom. The van der Waals surface area contributed by atoms with Gasteiger partial charge in [-0.1, -0.05) is 13.0 Å². The number of ether oxygens (including phenoxy) is 2. The highest BCUT2D eigenvalue weighted by Gasteiger charge is 2.15. The Kier molecular flexibility index (Phi) is 7.63. The minimum atomic E-state index is -3.61. The fourth-order valence-electron chi connectivity index (χ4n) is 2.23. The molecule has 0 atom stereocenters. The summed E-state index contributed by atoms with van der Waals surface area (Å²) in [5.41, 5.74) is 0.277. The number of hydrogen-bond donors (Lipinski definition) is 2. The molecular formula is C19H24N2O5S. The Morgan fingerprint density at radius 3 is 2.41 bits per heavy atom. The molecule has 2 rings (SSSR count). The van der Waals surface area contributed by atoms with Gasteiger partial charge in [0.2, 0.25) is 10.0 Å². The van der Waals surface area contributed by atoms with Gasteiger partial charge in [-0.25, -0.2) is 13.1 Å². The summed E-state index contributed by atoms with van der Waals surface area (Å²) in [7, 11) is -2.02. The number of carbonyl (C=O) groups is 1. The molecule has 0 radical (unpaired) electrons. The standard InChI is InChI=1S/C19H24N2O5S/c1-3-11-21-27(23,24)18-6-4-5-15(14-18)19(22)20-12-13-26-17-9-7-16(25-2)8-10-17/h4-10,14,21H,3,11-13H2,1-2H3,(H,20,22). The van der Waals surface area contributed by atoms with Gasteiger partial charge in [0.1, 0.15) is 18.1 Å². The zero-order valence-corrected chi connectivity index (χ0v) is 16.2. The summed E-state index contributed by atoms with van der Waals surface area (Å²) in [4.78, 5) is 12.3. The van der Waals surface area contributed by atoms with Crippen molar-refractivity contribution in [3.63, 3.8) is 0 Å². The van der Waals surface area contributed by atoms with Crippen molar-refractivity contribution in [2.45, 2.75) is 18.2 Å². The first kappa shape index (κ1) is 20.7. The van der Waals surface area contributed by atoms with E-state index in [0.717, 1.165) is 5.75 Å². The van der Waals surface area contributed by atoms with Crippen LogP contribution < -0.4 is 19.5 Å². The highest BCUT2D eigenvalue weighted by molar-refractivity contribution is 7.89. The Balaban J connectivity index is 1.87. The van der Waals surface area contributed by atoms with Gasteiger partial charge in [-0.3, -0.25) is 4.79 Å². The van der Waals surface area contributed by atoms with Gasteiger partial charge < -0.3 is 14.8 Å². The van der Waals surface area contributed by atoms with E-state index in [1.807, 2.05) is 6.92 Å². The Labute approximate surface area is 159 Å². The largest absolute Gasteiger partial charge is 0.497 e. The highest BCUT2D eigenvalue weighted by Crippen LogP contribution is 2.16. The average molecular weight is 392 g/mol. The molecule has 0 heterocycles. The molecule has 2 N–H and O–H groups in total. The fraction of sp³-hybridized carbons (Fsp3) is 0.316. The molecule has 0 aromatic heterocycles. The fourth-order valence-corrected chi connectivity index (χ4v) is 3.41. The van der Waals surface area contributed by atoms with Crippen LogP contribution in [0.3, 0.4) is 0 Å². The third-order valence-electron chi connectivity index (χ3n) is 3.66. The molecule has 0 spiro atoms. The summed E-state index contributed by atoms with van der Waals surface area (Å²) in [6.45, 7) is 2.80. The topological polar surface area (TPSA) is 93.7 Å². The highest BCUT2D eigenvalue weighted by atomic mass is 32.2. The number of hydrogen-bond acceptors (Lipinski definition) is 5. The van der Waals surface area contributed by atoms with Crippen molar-refractivity contribution in [1.82, 2.24) is 10.0 Å². The molecule has 1 amide bonds. The number of amides is 1. The van der Waals surface area contributed by atoms with E-state index in [1.165, 1.54) is 12.1 Å². The molecule has 7 nitrogen and oxygen atoms in total. The van der Waals surface area contributed by atoms with Gasteiger partial charge in [0.15, 0.2) is 0 Å². The van der Waals surface area contributed by atoms with Crippen LogP contribution in [0.25, 0.3) is 0 Å². The lowest BCUT2D eigenvalue weighted by Crippen LogP contribution is -2.29. The van der Waals surface area contributed by atoms with Gasteiger partial charge in [-0.2, -0.15) is 0 Å². The summed E-state index contributed by atoms with van der Waals surface area (Å²) in [5.74, 6) is 1.04. The number of carbonyl (C=O) groups excluding carboxylic acids is 1. The second kappa shape index (κ2) is 9.94.